The largest absolute Gasteiger partial charge is 0.337 e. The molecule has 0 saturated heterocycles. The molecule has 22 heavy (non-hydrogen) atoms. The van der Waals surface area contributed by atoms with Crippen LogP contribution in [0, 0.1) is 0 Å². The van der Waals surface area contributed by atoms with Crippen molar-refractivity contribution in [3.63, 3.8) is 0 Å². The van der Waals surface area contributed by atoms with Crippen LogP contribution in [0.3, 0.4) is 0 Å². The van der Waals surface area contributed by atoms with Crippen molar-refractivity contribution < 1.29 is 0 Å². The minimum Gasteiger partial charge on any atom is -0.337 e. The average molecular weight is 325 g/mol. The van der Waals surface area contributed by atoms with E-state index in [4.69, 9.17) is 0 Å². The van der Waals surface area contributed by atoms with Crippen molar-refractivity contribution in [3.05, 3.63) is 18.7 Å². The summed E-state index contributed by atoms with van der Waals surface area (Å²) < 4.78 is 2.22. The van der Waals surface area contributed by atoms with Crippen molar-refractivity contribution in [2.45, 2.75) is 96.3 Å². The number of aryl methyl sites for hydroxylation is 1. The maximum absolute atomic E-state index is 4.15. The van der Waals surface area contributed by atoms with E-state index >= 15 is 0 Å². The average Bonchev–Trinajstić information content (AvgIpc) is 3.05. The Labute approximate surface area is 142 Å². The van der Waals surface area contributed by atoms with Gasteiger partial charge in [-0.05, 0) is 25.0 Å². The van der Waals surface area contributed by atoms with E-state index in [0.717, 1.165) is 11.8 Å². The Kier molecular flexibility index (Phi) is 12.6. The molecule has 0 spiro atoms. The third-order valence-corrected chi connectivity index (χ3v) is 5.72. The lowest BCUT2D eigenvalue weighted by molar-refractivity contribution is 0.547. The normalized spacial score (nSPS) is 12.6. The summed E-state index contributed by atoms with van der Waals surface area (Å²) in [7, 11) is 0. The molecule has 0 amide bonds. The molecule has 1 heterocycles. The summed E-state index contributed by atoms with van der Waals surface area (Å²) in [5, 5.41) is 0.838. The standard InChI is InChI=1S/C19H36N2S/c1-3-5-7-8-9-10-12-19(22-17-11-6-4-2)13-15-21-16-14-20-18-21/h14,16,18-19H,3-13,15,17H2,1-2H3. The summed E-state index contributed by atoms with van der Waals surface area (Å²) in [6.07, 6.45) is 21.2. The van der Waals surface area contributed by atoms with E-state index in [1.165, 1.54) is 76.4 Å². The SMILES string of the molecule is CCCCCCCCC(CCn1ccnc1)SCCCCC. The second kappa shape index (κ2) is 14.2. The summed E-state index contributed by atoms with van der Waals surface area (Å²) in [5.74, 6) is 1.35. The third kappa shape index (κ3) is 10.3. The zero-order valence-corrected chi connectivity index (χ0v) is 15.6. The van der Waals surface area contributed by atoms with Crippen molar-refractivity contribution >= 4 is 11.8 Å². The molecule has 0 radical (unpaired) electrons. The highest BCUT2D eigenvalue weighted by Crippen LogP contribution is 2.23. The number of imidazole rings is 1. The monoisotopic (exact) mass is 324 g/mol. The highest BCUT2D eigenvalue weighted by atomic mass is 32.2. The molecular weight excluding hydrogens is 288 g/mol. The molecule has 1 rings (SSSR count). The quantitative estimate of drug-likeness (QED) is 0.351. The smallest absolute Gasteiger partial charge is 0.0945 e. The van der Waals surface area contributed by atoms with Crippen molar-refractivity contribution in [2.24, 2.45) is 0 Å². The molecule has 0 aliphatic heterocycles. The third-order valence-electron chi connectivity index (χ3n) is 4.25. The Bertz CT molecular complexity index is 324. The number of rotatable bonds is 15. The molecule has 1 atom stereocenters. The Balaban J connectivity index is 2.17. The van der Waals surface area contributed by atoms with Crippen molar-refractivity contribution in [1.29, 1.82) is 0 Å². The van der Waals surface area contributed by atoms with Crippen LogP contribution in [0.5, 0.6) is 0 Å². The fourth-order valence-electron chi connectivity index (χ4n) is 2.78. The van der Waals surface area contributed by atoms with Crippen LogP contribution in [0.1, 0.15) is 84.5 Å². The van der Waals surface area contributed by atoms with E-state index in [1.807, 2.05) is 12.5 Å². The lowest BCUT2D eigenvalue weighted by Crippen LogP contribution is -2.09. The molecule has 0 aromatic carbocycles. The predicted octanol–water partition coefficient (Wildman–Crippen LogP) is 6.32. The number of hydrogen-bond acceptors (Lipinski definition) is 2. The predicted molar refractivity (Wildman–Crippen MR) is 101 cm³/mol. The van der Waals surface area contributed by atoms with Gasteiger partial charge in [0.2, 0.25) is 0 Å². The second-order valence-corrected chi connectivity index (χ2v) is 7.75. The highest BCUT2D eigenvalue weighted by Gasteiger charge is 2.09. The van der Waals surface area contributed by atoms with E-state index in [0.29, 0.717) is 0 Å². The molecule has 1 aromatic rings. The number of unbranched alkanes of at least 4 members (excludes halogenated alkanes) is 7. The fraction of sp³-hybridized carbons (Fsp3) is 0.842. The van der Waals surface area contributed by atoms with Crippen LogP contribution < -0.4 is 0 Å². The fourth-order valence-corrected chi connectivity index (χ4v) is 4.09. The first-order valence-corrected chi connectivity index (χ1v) is 10.5. The molecule has 0 saturated carbocycles. The van der Waals surface area contributed by atoms with Gasteiger partial charge in [-0.15, -0.1) is 0 Å². The first-order chi connectivity index (χ1) is 10.9. The number of nitrogens with zero attached hydrogens (tertiary/aromatic N) is 2. The van der Waals surface area contributed by atoms with Gasteiger partial charge >= 0.3 is 0 Å². The molecule has 2 nitrogen and oxygen atoms in total. The van der Waals surface area contributed by atoms with Gasteiger partial charge in [-0.1, -0.05) is 65.2 Å². The summed E-state index contributed by atoms with van der Waals surface area (Å²) in [5.41, 5.74) is 0. The molecule has 1 aromatic heterocycles. The summed E-state index contributed by atoms with van der Waals surface area (Å²) in [4.78, 5) is 4.15. The van der Waals surface area contributed by atoms with E-state index in [1.54, 1.807) is 0 Å². The molecule has 128 valence electrons. The molecule has 0 bridgehead atoms. The van der Waals surface area contributed by atoms with Crippen LogP contribution in [-0.2, 0) is 6.54 Å². The molecule has 0 aliphatic carbocycles. The Morgan fingerprint density at radius 3 is 2.36 bits per heavy atom. The van der Waals surface area contributed by atoms with Gasteiger partial charge in [0.05, 0.1) is 6.33 Å². The van der Waals surface area contributed by atoms with Crippen LogP contribution in [0.25, 0.3) is 0 Å². The lowest BCUT2D eigenvalue weighted by atomic mass is 10.1. The Hall–Kier alpha value is -0.440. The number of thioether (sulfide) groups is 1. The summed E-state index contributed by atoms with van der Waals surface area (Å²) >= 11 is 2.22. The van der Waals surface area contributed by atoms with Crippen molar-refractivity contribution in [3.8, 4) is 0 Å². The molecule has 0 N–H and O–H groups in total. The van der Waals surface area contributed by atoms with Gasteiger partial charge in [0.25, 0.3) is 0 Å². The number of aromatic nitrogens is 2. The minimum absolute atomic E-state index is 0.838. The van der Waals surface area contributed by atoms with Gasteiger partial charge in [0, 0.05) is 24.2 Å². The van der Waals surface area contributed by atoms with Crippen LogP contribution in [0.15, 0.2) is 18.7 Å². The first-order valence-electron chi connectivity index (χ1n) is 9.44. The van der Waals surface area contributed by atoms with Gasteiger partial charge in [-0.25, -0.2) is 4.98 Å². The van der Waals surface area contributed by atoms with E-state index in [9.17, 15) is 0 Å². The van der Waals surface area contributed by atoms with Gasteiger partial charge < -0.3 is 4.57 Å². The topological polar surface area (TPSA) is 17.8 Å². The highest BCUT2D eigenvalue weighted by molar-refractivity contribution is 7.99. The summed E-state index contributed by atoms with van der Waals surface area (Å²) in [6, 6.07) is 0. The lowest BCUT2D eigenvalue weighted by Gasteiger charge is -2.17. The minimum atomic E-state index is 0.838. The maximum Gasteiger partial charge on any atom is 0.0945 e. The van der Waals surface area contributed by atoms with Gasteiger partial charge in [0.1, 0.15) is 0 Å². The maximum atomic E-state index is 4.15. The van der Waals surface area contributed by atoms with Gasteiger partial charge in [-0.2, -0.15) is 11.8 Å². The van der Waals surface area contributed by atoms with Crippen molar-refractivity contribution in [2.75, 3.05) is 5.75 Å². The second-order valence-electron chi connectivity index (χ2n) is 6.35. The number of hydrogen-bond donors (Lipinski definition) is 0. The van der Waals surface area contributed by atoms with E-state index in [2.05, 4.69) is 41.4 Å². The molecule has 3 heteroatoms. The van der Waals surface area contributed by atoms with E-state index in [-0.39, 0.29) is 0 Å². The first kappa shape index (κ1) is 19.6. The van der Waals surface area contributed by atoms with Gasteiger partial charge in [0.15, 0.2) is 0 Å². The Morgan fingerprint density at radius 2 is 1.64 bits per heavy atom. The zero-order chi connectivity index (χ0) is 15.9. The van der Waals surface area contributed by atoms with Crippen LogP contribution in [0.4, 0.5) is 0 Å². The van der Waals surface area contributed by atoms with E-state index < -0.39 is 0 Å². The molecule has 0 aliphatic rings. The van der Waals surface area contributed by atoms with Crippen LogP contribution in [0.2, 0.25) is 0 Å². The van der Waals surface area contributed by atoms with Crippen LogP contribution >= 0.6 is 11.8 Å². The Morgan fingerprint density at radius 1 is 0.909 bits per heavy atom. The molecular formula is C19H36N2S. The van der Waals surface area contributed by atoms with Crippen LogP contribution in [-0.4, -0.2) is 20.6 Å². The summed E-state index contributed by atoms with van der Waals surface area (Å²) in [6.45, 7) is 5.71. The zero-order valence-electron chi connectivity index (χ0n) is 14.8. The van der Waals surface area contributed by atoms with Gasteiger partial charge in [-0.3, -0.25) is 0 Å². The molecule has 1 unspecified atom stereocenters. The van der Waals surface area contributed by atoms with Crippen molar-refractivity contribution in [1.82, 2.24) is 9.55 Å². The molecule has 0 fully saturated rings.